The van der Waals surface area contributed by atoms with Crippen molar-refractivity contribution >= 4 is 11.9 Å². The predicted octanol–water partition coefficient (Wildman–Crippen LogP) is 6.80. The first kappa shape index (κ1) is 29.5. The van der Waals surface area contributed by atoms with E-state index in [4.69, 9.17) is 4.74 Å². The molecule has 1 aliphatic rings. The van der Waals surface area contributed by atoms with Gasteiger partial charge in [0.15, 0.2) is 0 Å². The van der Waals surface area contributed by atoms with Crippen LogP contribution in [0.2, 0.25) is 0 Å². The first-order chi connectivity index (χ1) is 19.4. The minimum absolute atomic E-state index is 0.00575. The number of esters is 1. The zero-order chi connectivity index (χ0) is 28.4. The summed E-state index contributed by atoms with van der Waals surface area (Å²) in [6.07, 6.45) is 5.20. The Balaban J connectivity index is 1.29. The normalized spacial score (nSPS) is 15.8. The minimum atomic E-state index is -0.246. The molecule has 0 aromatic heterocycles. The van der Waals surface area contributed by atoms with Gasteiger partial charge >= 0.3 is 5.97 Å². The molecule has 0 bridgehead atoms. The number of nitrogens with zero attached hydrogens (tertiary/aromatic N) is 1. The summed E-state index contributed by atoms with van der Waals surface area (Å²) in [5, 5.41) is 3.31. The molecule has 1 amide bonds. The summed E-state index contributed by atoms with van der Waals surface area (Å²) in [7, 11) is 0. The van der Waals surface area contributed by atoms with Gasteiger partial charge in [0.2, 0.25) is 0 Å². The van der Waals surface area contributed by atoms with E-state index in [-0.39, 0.29) is 23.3 Å². The van der Waals surface area contributed by atoms with E-state index in [1.807, 2.05) is 49.4 Å². The van der Waals surface area contributed by atoms with Gasteiger partial charge < -0.3 is 15.0 Å². The Bertz CT molecular complexity index is 1230. The van der Waals surface area contributed by atoms with Crippen LogP contribution in [0.4, 0.5) is 0 Å². The number of benzene rings is 3. The highest BCUT2D eigenvalue weighted by atomic mass is 16.5. The molecule has 3 aromatic carbocycles. The van der Waals surface area contributed by atoms with Crippen molar-refractivity contribution in [2.45, 2.75) is 70.8 Å². The molecule has 1 N–H and O–H groups in total. The Morgan fingerprint density at radius 3 is 2.27 bits per heavy atom. The van der Waals surface area contributed by atoms with E-state index in [9.17, 15) is 9.59 Å². The molecule has 1 aliphatic heterocycles. The fourth-order valence-corrected chi connectivity index (χ4v) is 5.82. The van der Waals surface area contributed by atoms with Crippen molar-refractivity contribution in [3.63, 3.8) is 0 Å². The Morgan fingerprint density at radius 1 is 0.925 bits per heavy atom. The first-order valence-electron chi connectivity index (χ1n) is 14.8. The average Bonchev–Trinajstić information content (AvgIpc) is 2.98. The Labute approximate surface area is 239 Å². The maximum absolute atomic E-state index is 13.3. The standard InChI is InChI=1S/C35H44N2O3/c1-4-27-16-18-28(19-17-27)31-14-9-10-15-32(31)34(39)36-30-20-24-37(25-21-30)23-11-22-35(3,26-33(38)40-5-2)29-12-7-6-8-13-29/h6-10,12-19,30H,4-5,11,20-26H2,1-3H3,(H,36,39). The quantitative estimate of drug-likeness (QED) is 0.257. The summed E-state index contributed by atoms with van der Waals surface area (Å²) in [5.41, 5.74) is 5.01. The van der Waals surface area contributed by atoms with Gasteiger partial charge in [-0.05, 0) is 73.9 Å². The number of likely N-dealkylation sites (tertiary alicyclic amines) is 1. The highest BCUT2D eigenvalue weighted by Gasteiger charge is 2.30. The molecular weight excluding hydrogens is 496 g/mol. The number of carbonyl (C=O) groups is 2. The SMILES string of the molecule is CCOC(=O)CC(C)(CCCN1CCC(NC(=O)c2ccccc2-c2ccc(CC)cc2)CC1)c1ccccc1. The van der Waals surface area contributed by atoms with Crippen LogP contribution < -0.4 is 5.32 Å². The molecule has 0 aliphatic carbocycles. The third-order valence-electron chi connectivity index (χ3n) is 8.28. The topological polar surface area (TPSA) is 58.6 Å². The number of aryl methyl sites for hydroxylation is 1. The van der Waals surface area contributed by atoms with Crippen molar-refractivity contribution in [3.8, 4) is 11.1 Å². The number of hydrogen-bond donors (Lipinski definition) is 1. The summed E-state index contributed by atoms with van der Waals surface area (Å²) in [6, 6.07) is 26.9. The molecule has 1 fully saturated rings. The van der Waals surface area contributed by atoms with Crippen molar-refractivity contribution in [1.29, 1.82) is 0 Å². The lowest BCUT2D eigenvalue weighted by Gasteiger charge is -2.34. The lowest BCUT2D eigenvalue weighted by molar-refractivity contribution is -0.144. The fraction of sp³-hybridized carbons (Fsp3) is 0.429. The van der Waals surface area contributed by atoms with Crippen LogP contribution in [-0.2, 0) is 21.4 Å². The second kappa shape index (κ2) is 14.3. The molecule has 212 valence electrons. The van der Waals surface area contributed by atoms with Crippen molar-refractivity contribution in [3.05, 3.63) is 95.6 Å². The van der Waals surface area contributed by atoms with Crippen molar-refractivity contribution in [1.82, 2.24) is 10.2 Å². The first-order valence-corrected chi connectivity index (χ1v) is 14.8. The minimum Gasteiger partial charge on any atom is -0.466 e. The Kier molecular flexibility index (Phi) is 10.5. The summed E-state index contributed by atoms with van der Waals surface area (Å²) >= 11 is 0. The van der Waals surface area contributed by atoms with E-state index >= 15 is 0 Å². The molecule has 3 aromatic rings. The molecule has 40 heavy (non-hydrogen) atoms. The number of nitrogens with one attached hydrogen (secondary N) is 1. The number of ether oxygens (including phenoxy) is 1. The largest absolute Gasteiger partial charge is 0.466 e. The van der Waals surface area contributed by atoms with Crippen LogP contribution >= 0.6 is 0 Å². The van der Waals surface area contributed by atoms with Crippen LogP contribution in [-0.4, -0.2) is 49.1 Å². The van der Waals surface area contributed by atoms with Crippen molar-refractivity contribution in [2.24, 2.45) is 0 Å². The number of piperidine rings is 1. The van der Waals surface area contributed by atoms with Crippen LogP contribution in [0.1, 0.15) is 74.4 Å². The molecule has 1 atom stereocenters. The van der Waals surface area contributed by atoms with Gasteiger partial charge in [0, 0.05) is 30.1 Å². The molecule has 0 spiro atoms. The van der Waals surface area contributed by atoms with Crippen LogP contribution in [0.5, 0.6) is 0 Å². The third kappa shape index (κ3) is 7.82. The third-order valence-corrected chi connectivity index (χ3v) is 8.28. The van der Waals surface area contributed by atoms with E-state index in [1.165, 1.54) is 11.1 Å². The van der Waals surface area contributed by atoms with Gasteiger partial charge in [0.25, 0.3) is 5.91 Å². The Morgan fingerprint density at radius 2 is 1.60 bits per heavy atom. The molecule has 1 saturated heterocycles. The maximum Gasteiger partial charge on any atom is 0.306 e. The molecule has 0 saturated carbocycles. The highest BCUT2D eigenvalue weighted by Crippen LogP contribution is 2.33. The van der Waals surface area contributed by atoms with Crippen molar-refractivity contribution in [2.75, 3.05) is 26.2 Å². The summed E-state index contributed by atoms with van der Waals surface area (Å²) in [5.74, 6) is -0.129. The lowest BCUT2D eigenvalue weighted by Crippen LogP contribution is -2.45. The summed E-state index contributed by atoms with van der Waals surface area (Å²) in [6.45, 7) is 9.51. The van der Waals surface area contributed by atoms with E-state index in [1.54, 1.807) is 0 Å². The maximum atomic E-state index is 13.3. The van der Waals surface area contributed by atoms with Crippen LogP contribution in [0.3, 0.4) is 0 Å². The van der Waals surface area contributed by atoms with Gasteiger partial charge in [-0.2, -0.15) is 0 Å². The zero-order valence-electron chi connectivity index (χ0n) is 24.3. The molecule has 1 unspecified atom stereocenters. The number of carbonyl (C=O) groups excluding carboxylic acids is 2. The second-order valence-corrected chi connectivity index (χ2v) is 11.2. The van der Waals surface area contributed by atoms with Gasteiger partial charge in [-0.15, -0.1) is 0 Å². The Hall–Kier alpha value is -3.44. The monoisotopic (exact) mass is 540 g/mol. The van der Waals surface area contributed by atoms with Crippen molar-refractivity contribution < 1.29 is 14.3 Å². The van der Waals surface area contributed by atoms with E-state index in [0.717, 1.165) is 68.4 Å². The number of rotatable bonds is 12. The molecule has 1 heterocycles. The van der Waals surface area contributed by atoms with E-state index in [0.29, 0.717) is 13.0 Å². The molecule has 5 heteroatoms. The second-order valence-electron chi connectivity index (χ2n) is 11.2. The van der Waals surface area contributed by atoms with E-state index < -0.39 is 0 Å². The summed E-state index contributed by atoms with van der Waals surface area (Å²) < 4.78 is 5.29. The van der Waals surface area contributed by atoms with Crippen LogP contribution in [0.25, 0.3) is 11.1 Å². The molecule has 4 rings (SSSR count). The van der Waals surface area contributed by atoms with Crippen LogP contribution in [0, 0.1) is 0 Å². The van der Waals surface area contributed by atoms with Gasteiger partial charge in [-0.25, -0.2) is 0 Å². The summed E-state index contributed by atoms with van der Waals surface area (Å²) in [4.78, 5) is 28.2. The van der Waals surface area contributed by atoms with E-state index in [2.05, 4.69) is 60.5 Å². The van der Waals surface area contributed by atoms with Gasteiger partial charge in [0.05, 0.1) is 13.0 Å². The lowest BCUT2D eigenvalue weighted by atomic mass is 9.76. The average molecular weight is 541 g/mol. The highest BCUT2D eigenvalue weighted by molar-refractivity contribution is 6.01. The zero-order valence-corrected chi connectivity index (χ0v) is 24.3. The van der Waals surface area contributed by atoms with Gasteiger partial charge in [-0.1, -0.05) is 86.6 Å². The fourth-order valence-electron chi connectivity index (χ4n) is 5.82. The van der Waals surface area contributed by atoms with Gasteiger partial charge in [0.1, 0.15) is 0 Å². The smallest absolute Gasteiger partial charge is 0.306 e. The number of hydrogen-bond acceptors (Lipinski definition) is 4. The van der Waals surface area contributed by atoms with Gasteiger partial charge in [-0.3, -0.25) is 9.59 Å². The molecule has 5 nitrogen and oxygen atoms in total. The molecular formula is C35H44N2O3. The van der Waals surface area contributed by atoms with Crippen LogP contribution in [0.15, 0.2) is 78.9 Å². The predicted molar refractivity (Wildman–Crippen MR) is 162 cm³/mol. The number of amides is 1. The molecule has 0 radical (unpaired) electrons.